The summed E-state index contributed by atoms with van der Waals surface area (Å²) in [6, 6.07) is 21.2. The van der Waals surface area contributed by atoms with Gasteiger partial charge in [-0.1, -0.05) is 60.7 Å². The Kier molecular flexibility index (Phi) is 5.56. The van der Waals surface area contributed by atoms with E-state index in [4.69, 9.17) is 0 Å². The third-order valence-electron chi connectivity index (χ3n) is 7.47. The van der Waals surface area contributed by atoms with Crippen molar-refractivity contribution in [3.8, 4) is 0 Å². The molecule has 0 N–H and O–H groups in total. The Morgan fingerprint density at radius 3 is 2.52 bits per heavy atom. The molecule has 2 aromatic rings. The van der Waals surface area contributed by atoms with E-state index in [2.05, 4.69) is 77.4 Å². The van der Waals surface area contributed by atoms with E-state index < -0.39 is 0 Å². The second-order valence-corrected chi connectivity index (χ2v) is 9.42. The number of nitrogens with zero attached hydrogens (tertiary/aromatic N) is 2. The molecule has 5 rings (SSSR count). The average molecular weight is 387 g/mol. The van der Waals surface area contributed by atoms with E-state index in [0.717, 1.165) is 24.4 Å². The van der Waals surface area contributed by atoms with Crippen LogP contribution in [0.5, 0.6) is 0 Å². The second kappa shape index (κ2) is 8.45. The van der Waals surface area contributed by atoms with Gasteiger partial charge in [0.05, 0.1) is 0 Å². The summed E-state index contributed by atoms with van der Waals surface area (Å²) in [5.74, 6) is 1.53. The fourth-order valence-electron chi connectivity index (χ4n) is 5.75. The van der Waals surface area contributed by atoms with Crippen LogP contribution >= 0.6 is 0 Å². The molecule has 29 heavy (non-hydrogen) atoms. The maximum Gasteiger partial charge on any atom is 0.0234 e. The van der Waals surface area contributed by atoms with Crippen LogP contribution in [0, 0.1) is 11.8 Å². The van der Waals surface area contributed by atoms with Crippen LogP contribution in [0.2, 0.25) is 0 Å². The third kappa shape index (κ3) is 4.20. The molecule has 0 bridgehead atoms. The highest BCUT2D eigenvalue weighted by Crippen LogP contribution is 2.43. The van der Waals surface area contributed by atoms with Crippen molar-refractivity contribution in [3.63, 3.8) is 0 Å². The average Bonchev–Trinajstić information content (AvgIpc) is 3.44. The zero-order chi connectivity index (χ0) is 19.6. The van der Waals surface area contributed by atoms with E-state index in [9.17, 15) is 0 Å². The van der Waals surface area contributed by atoms with E-state index in [1.165, 1.54) is 68.6 Å². The molecule has 152 valence electrons. The van der Waals surface area contributed by atoms with Gasteiger partial charge in [0.1, 0.15) is 0 Å². The highest BCUT2D eigenvalue weighted by Gasteiger charge is 2.38. The van der Waals surface area contributed by atoms with Gasteiger partial charge in [0.2, 0.25) is 0 Å². The van der Waals surface area contributed by atoms with Crippen molar-refractivity contribution in [1.82, 2.24) is 9.80 Å². The van der Waals surface area contributed by atoms with Gasteiger partial charge >= 0.3 is 0 Å². The maximum absolute atomic E-state index is 2.66. The first-order valence-electron chi connectivity index (χ1n) is 11.6. The Hall–Kier alpha value is -1.90. The lowest BCUT2D eigenvalue weighted by Crippen LogP contribution is -2.28. The first kappa shape index (κ1) is 19.1. The highest BCUT2D eigenvalue weighted by molar-refractivity contribution is 5.70. The van der Waals surface area contributed by atoms with Crippen molar-refractivity contribution in [2.24, 2.45) is 11.8 Å². The Morgan fingerprint density at radius 1 is 0.931 bits per heavy atom. The molecule has 3 atom stereocenters. The van der Waals surface area contributed by atoms with Crippen molar-refractivity contribution in [2.45, 2.75) is 45.2 Å². The number of rotatable bonds is 6. The first-order chi connectivity index (χ1) is 14.3. The molecular formula is C27H34N2. The third-order valence-corrected chi connectivity index (χ3v) is 7.47. The summed E-state index contributed by atoms with van der Waals surface area (Å²) in [4.78, 5) is 5.31. The van der Waals surface area contributed by atoms with Crippen LogP contribution in [-0.2, 0) is 13.0 Å². The van der Waals surface area contributed by atoms with Crippen LogP contribution < -0.4 is 0 Å². The molecule has 2 fully saturated rings. The standard InChI is InChI=1S/C27H34N2/c1-21-6-5-16-29(21)17-15-22-9-11-24(12-10-22)26-14-13-25-19-28(20-27(25)26)18-23-7-3-2-4-8-23/h2-4,7-12,14,21,25,27H,5-6,13,15-20H2,1H3/t21-,25?,27+/m1/s1. The Morgan fingerprint density at radius 2 is 1.76 bits per heavy atom. The van der Waals surface area contributed by atoms with Crippen molar-refractivity contribution in [3.05, 3.63) is 77.4 Å². The molecule has 2 heterocycles. The van der Waals surface area contributed by atoms with Crippen molar-refractivity contribution in [1.29, 1.82) is 0 Å². The SMILES string of the molecule is C[C@@H]1CCCN1CCc1ccc(C2=CCC3CN(Cc4ccccc4)C[C@H]23)cc1. The zero-order valence-electron chi connectivity index (χ0n) is 17.8. The van der Waals surface area contributed by atoms with Crippen LogP contribution in [0.3, 0.4) is 0 Å². The smallest absolute Gasteiger partial charge is 0.0234 e. The number of hydrogen-bond acceptors (Lipinski definition) is 2. The van der Waals surface area contributed by atoms with E-state index >= 15 is 0 Å². The van der Waals surface area contributed by atoms with Gasteiger partial charge in [-0.2, -0.15) is 0 Å². The van der Waals surface area contributed by atoms with Crippen molar-refractivity contribution < 1.29 is 0 Å². The monoisotopic (exact) mass is 386 g/mol. The van der Waals surface area contributed by atoms with Gasteiger partial charge < -0.3 is 4.90 Å². The van der Waals surface area contributed by atoms with E-state index in [1.54, 1.807) is 5.57 Å². The Labute approximate surface area is 176 Å². The predicted molar refractivity (Wildman–Crippen MR) is 122 cm³/mol. The quantitative estimate of drug-likeness (QED) is 0.669. The zero-order valence-corrected chi connectivity index (χ0v) is 17.8. The van der Waals surface area contributed by atoms with Crippen LogP contribution in [0.25, 0.3) is 5.57 Å². The number of likely N-dealkylation sites (tertiary alicyclic amines) is 2. The summed E-state index contributed by atoms with van der Waals surface area (Å²) < 4.78 is 0. The molecular weight excluding hydrogens is 352 g/mol. The largest absolute Gasteiger partial charge is 0.300 e. The van der Waals surface area contributed by atoms with Gasteiger partial charge in [-0.25, -0.2) is 0 Å². The molecule has 2 aliphatic heterocycles. The lowest BCUT2D eigenvalue weighted by molar-refractivity contribution is 0.272. The predicted octanol–water partition coefficient (Wildman–Crippen LogP) is 5.25. The lowest BCUT2D eigenvalue weighted by Gasteiger charge is -2.21. The fraction of sp³-hybridized carbons (Fsp3) is 0.481. The highest BCUT2D eigenvalue weighted by atomic mass is 15.2. The van der Waals surface area contributed by atoms with Gasteiger partial charge in [-0.3, -0.25) is 4.90 Å². The minimum Gasteiger partial charge on any atom is -0.300 e. The van der Waals surface area contributed by atoms with E-state index in [-0.39, 0.29) is 0 Å². The summed E-state index contributed by atoms with van der Waals surface area (Å²) >= 11 is 0. The Bertz CT molecular complexity index is 839. The molecule has 2 nitrogen and oxygen atoms in total. The van der Waals surface area contributed by atoms with Crippen LogP contribution in [0.1, 0.15) is 42.9 Å². The summed E-state index contributed by atoms with van der Waals surface area (Å²) in [5, 5.41) is 0. The molecule has 0 aromatic heterocycles. The summed E-state index contributed by atoms with van der Waals surface area (Å²) in [7, 11) is 0. The minimum absolute atomic E-state index is 0.718. The summed E-state index contributed by atoms with van der Waals surface area (Å²) in [6.45, 7) is 8.42. The van der Waals surface area contributed by atoms with Gasteiger partial charge in [0, 0.05) is 38.1 Å². The fourth-order valence-corrected chi connectivity index (χ4v) is 5.75. The minimum atomic E-state index is 0.718. The van der Waals surface area contributed by atoms with E-state index in [1.807, 2.05) is 0 Å². The summed E-state index contributed by atoms with van der Waals surface area (Å²) in [6.07, 6.45) is 7.70. The molecule has 2 aromatic carbocycles. The normalized spacial score (nSPS) is 27.3. The van der Waals surface area contributed by atoms with Crippen molar-refractivity contribution >= 4 is 5.57 Å². The van der Waals surface area contributed by atoms with Crippen LogP contribution in [0.4, 0.5) is 0 Å². The number of benzene rings is 2. The van der Waals surface area contributed by atoms with Gasteiger partial charge in [0.15, 0.2) is 0 Å². The molecule has 1 aliphatic carbocycles. The first-order valence-corrected chi connectivity index (χ1v) is 11.6. The topological polar surface area (TPSA) is 6.48 Å². The van der Waals surface area contributed by atoms with Crippen LogP contribution in [0.15, 0.2) is 60.7 Å². The van der Waals surface area contributed by atoms with Crippen molar-refractivity contribution in [2.75, 3.05) is 26.2 Å². The second-order valence-electron chi connectivity index (χ2n) is 9.42. The maximum atomic E-state index is 2.66. The molecule has 2 saturated heterocycles. The molecule has 0 saturated carbocycles. The molecule has 1 unspecified atom stereocenters. The number of allylic oxidation sites excluding steroid dienone is 1. The molecule has 0 amide bonds. The summed E-state index contributed by atoms with van der Waals surface area (Å²) in [5.41, 5.74) is 5.98. The van der Waals surface area contributed by atoms with Gasteiger partial charge in [0.25, 0.3) is 0 Å². The Balaban J connectivity index is 1.19. The van der Waals surface area contributed by atoms with Gasteiger partial charge in [-0.15, -0.1) is 0 Å². The van der Waals surface area contributed by atoms with E-state index in [0.29, 0.717) is 0 Å². The number of fused-ring (bicyclic) bond motifs is 1. The lowest BCUT2D eigenvalue weighted by atomic mass is 9.90. The number of hydrogen-bond donors (Lipinski definition) is 0. The molecule has 3 aliphatic rings. The molecule has 0 spiro atoms. The molecule has 2 heteroatoms. The molecule has 0 radical (unpaired) electrons. The van der Waals surface area contributed by atoms with Gasteiger partial charge in [-0.05, 0) is 67.3 Å². The van der Waals surface area contributed by atoms with Crippen LogP contribution in [-0.4, -0.2) is 42.0 Å².